The topological polar surface area (TPSA) is 108 Å². The summed E-state index contributed by atoms with van der Waals surface area (Å²) < 4.78 is 31.6. The lowest BCUT2D eigenvalue weighted by Gasteiger charge is -2.00. The van der Waals surface area contributed by atoms with Crippen LogP contribution >= 0.6 is 11.6 Å². The molecule has 0 saturated carbocycles. The molecule has 0 atom stereocenters. The van der Waals surface area contributed by atoms with E-state index in [4.69, 9.17) is 29.1 Å². The van der Waals surface area contributed by atoms with Crippen LogP contribution in [0.15, 0.2) is 30.5 Å². The summed E-state index contributed by atoms with van der Waals surface area (Å²) in [5.41, 5.74) is 0.546. The summed E-state index contributed by atoms with van der Waals surface area (Å²) in [7, 11) is -4.67. The average molecular weight is 278 g/mol. The first-order valence-electron chi connectivity index (χ1n) is 4.21. The lowest BCUT2D eigenvalue weighted by molar-refractivity contribution is 0.381. The molecule has 0 aliphatic carbocycles. The first-order chi connectivity index (χ1) is 7.79. The molecule has 1 heterocycles. The number of fused-ring (bicyclic) bond motifs is 1. The summed E-state index contributed by atoms with van der Waals surface area (Å²) in [5, 5.41) is 10.8. The van der Waals surface area contributed by atoms with Crippen molar-refractivity contribution in [3.05, 3.63) is 35.5 Å². The van der Waals surface area contributed by atoms with E-state index in [-0.39, 0.29) is 5.75 Å². The van der Waals surface area contributed by atoms with Crippen molar-refractivity contribution in [3.63, 3.8) is 0 Å². The number of hydrogen-bond donors (Lipinski definition) is 3. The van der Waals surface area contributed by atoms with Gasteiger partial charge in [0.2, 0.25) is 0 Å². The van der Waals surface area contributed by atoms with Crippen molar-refractivity contribution < 1.29 is 22.6 Å². The van der Waals surface area contributed by atoms with Crippen molar-refractivity contribution >= 4 is 32.9 Å². The van der Waals surface area contributed by atoms with Crippen LogP contribution in [-0.2, 0) is 10.4 Å². The Morgan fingerprint density at radius 3 is 2.29 bits per heavy atom. The molecule has 2 aromatic rings. The largest absolute Gasteiger partial charge is 0.506 e. The van der Waals surface area contributed by atoms with Crippen LogP contribution in [0.25, 0.3) is 10.9 Å². The number of halogens is 1. The van der Waals surface area contributed by atoms with Gasteiger partial charge in [0.25, 0.3) is 0 Å². The second-order valence-corrected chi connectivity index (χ2v) is 4.22. The van der Waals surface area contributed by atoms with Gasteiger partial charge in [-0.15, -0.1) is 0 Å². The smallest absolute Gasteiger partial charge is 0.394 e. The Labute approximate surface area is 102 Å². The SMILES string of the molecule is O=S(=O)(O)O.Oc1ccc(Cl)c2cccnc12. The van der Waals surface area contributed by atoms with Crippen molar-refractivity contribution in [2.75, 3.05) is 0 Å². The number of benzene rings is 1. The summed E-state index contributed by atoms with van der Waals surface area (Å²) in [4.78, 5) is 4.01. The molecule has 0 aliphatic heterocycles. The summed E-state index contributed by atoms with van der Waals surface area (Å²) in [6.07, 6.45) is 1.62. The molecule has 3 N–H and O–H groups in total. The summed E-state index contributed by atoms with van der Waals surface area (Å²) in [5.74, 6) is 0.162. The third kappa shape index (κ3) is 4.53. The molecule has 0 spiro atoms. The average Bonchev–Trinajstić information content (AvgIpc) is 2.22. The van der Waals surface area contributed by atoms with Gasteiger partial charge >= 0.3 is 10.4 Å². The molecule has 8 heteroatoms. The Bertz CT molecular complexity index is 580. The zero-order valence-electron chi connectivity index (χ0n) is 8.28. The minimum absolute atomic E-state index is 0.162. The molecule has 0 radical (unpaired) electrons. The van der Waals surface area contributed by atoms with E-state index in [0.717, 1.165) is 5.39 Å². The number of nitrogens with zero attached hydrogens (tertiary/aromatic N) is 1. The molecule has 0 saturated heterocycles. The van der Waals surface area contributed by atoms with Crippen molar-refractivity contribution in [2.45, 2.75) is 0 Å². The highest BCUT2D eigenvalue weighted by Crippen LogP contribution is 2.28. The van der Waals surface area contributed by atoms with E-state index < -0.39 is 10.4 Å². The number of pyridine rings is 1. The van der Waals surface area contributed by atoms with Gasteiger partial charge in [-0.2, -0.15) is 8.42 Å². The van der Waals surface area contributed by atoms with Crippen LogP contribution in [0, 0.1) is 0 Å². The maximum absolute atomic E-state index is 9.37. The van der Waals surface area contributed by atoms with Crippen LogP contribution in [0.4, 0.5) is 0 Å². The van der Waals surface area contributed by atoms with Crippen LogP contribution in [0.2, 0.25) is 5.02 Å². The second-order valence-electron chi connectivity index (χ2n) is 2.91. The summed E-state index contributed by atoms with van der Waals surface area (Å²) >= 11 is 5.88. The van der Waals surface area contributed by atoms with Gasteiger partial charge in [-0.25, -0.2) is 0 Å². The molecule has 1 aromatic carbocycles. The highest BCUT2D eigenvalue weighted by molar-refractivity contribution is 7.79. The fourth-order valence-electron chi connectivity index (χ4n) is 1.12. The summed E-state index contributed by atoms with van der Waals surface area (Å²) in [6.45, 7) is 0. The monoisotopic (exact) mass is 277 g/mol. The van der Waals surface area contributed by atoms with Crippen molar-refractivity contribution in [3.8, 4) is 5.75 Å². The first-order valence-corrected chi connectivity index (χ1v) is 5.98. The van der Waals surface area contributed by atoms with Gasteiger partial charge in [-0.1, -0.05) is 11.6 Å². The molecule has 0 aliphatic rings. The molecule has 0 unspecified atom stereocenters. The fourth-order valence-corrected chi connectivity index (χ4v) is 1.34. The third-order valence-corrected chi connectivity index (χ3v) is 2.02. The van der Waals surface area contributed by atoms with Gasteiger partial charge in [0.1, 0.15) is 11.3 Å². The van der Waals surface area contributed by atoms with Crippen molar-refractivity contribution in [2.24, 2.45) is 0 Å². The minimum Gasteiger partial charge on any atom is -0.506 e. The first kappa shape index (κ1) is 13.7. The van der Waals surface area contributed by atoms with E-state index in [1.165, 1.54) is 6.07 Å². The minimum atomic E-state index is -4.67. The highest BCUT2D eigenvalue weighted by Gasteiger charge is 2.02. The molecule has 0 fully saturated rings. The second kappa shape index (κ2) is 5.28. The van der Waals surface area contributed by atoms with Gasteiger partial charge < -0.3 is 5.11 Å². The molecule has 6 nitrogen and oxygen atoms in total. The van der Waals surface area contributed by atoms with E-state index in [2.05, 4.69) is 4.98 Å². The van der Waals surface area contributed by atoms with E-state index in [9.17, 15) is 5.11 Å². The zero-order chi connectivity index (χ0) is 13.1. The van der Waals surface area contributed by atoms with Gasteiger partial charge in [0.05, 0.1) is 5.02 Å². The normalized spacial score (nSPS) is 10.8. The van der Waals surface area contributed by atoms with Gasteiger partial charge in [0.15, 0.2) is 0 Å². The third-order valence-electron chi connectivity index (χ3n) is 1.70. The zero-order valence-corrected chi connectivity index (χ0v) is 9.85. The van der Waals surface area contributed by atoms with E-state index in [1.807, 2.05) is 6.07 Å². The van der Waals surface area contributed by atoms with Gasteiger partial charge in [-0.3, -0.25) is 14.1 Å². The number of phenolic OH excluding ortho intramolecular Hbond substituents is 1. The highest BCUT2D eigenvalue weighted by atomic mass is 35.5. The maximum Gasteiger partial charge on any atom is 0.394 e. The van der Waals surface area contributed by atoms with Crippen molar-refractivity contribution in [1.29, 1.82) is 0 Å². The molecule has 2 rings (SSSR count). The van der Waals surface area contributed by atoms with Crippen LogP contribution in [0.5, 0.6) is 5.75 Å². The lowest BCUT2D eigenvalue weighted by atomic mass is 10.2. The summed E-state index contributed by atoms with van der Waals surface area (Å²) in [6, 6.07) is 6.80. The Balaban J connectivity index is 0.000000249. The predicted molar refractivity (Wildman–Crippen MR) is 62.6 cm³/mol. The predicted octanol–water partition coefficient (Wildman–Crippen LogP) is 1.94. The van der Waals surface area contributed by atoms with Crippen LogP contribution in [-0.4, -0.2) is 27.6 Å². The maximum atomic E-state index is 9.37. The number of aromatic hydroxyl groups is 1. The molecule has 1 aromatic heterocycles. The van der Waals surface area contributed by atoms with E-state index in [1.54, 1.807) is 18.3 Å². The number of hydrogen-bond acceptors (Lipinski definition) is 4. The lowest BCUT2D eigenvalue weighted by Crippen LogP contribution is -1.89. The Morgan fingerprint density at radius 2 is 1.76 bits per heavy atom. The van der Waals surface area contributed by atoms with Crippen LogP contribution in [0.1, 0.15) is 0 Å². The Kier molecular flexibility index (Phi) is 4.24. The standard InChI is InChI=1S/C9H6ClNO.H2O4S/c10-7-3-4-8(12)9-6(7)2-1-5-11-9;1-5(2,3)4/h1-5,12H;(H2,1,2,3,4). The molecule has 0 amide bonds. The Morgan fingerprint density at radius 1 is 1.18 bits per heavy atom. The molecular formula is C9H8ClNO5S. The van der Waals surface area contributed by atoms with Crippen molar-refractivity contribution in [1.82, 2.24) is 4.98 Å². The van der Waals surface area contributed by atoms with Crippen LogP contribution in [0.3, 0.4) is 0 Å². The number of aromatic nitrogens is 1. The molecule has 17 heavy (non-hydrogen) atoms. The van der Waals surface area contributed by atoms with E-state index in [0.29, 0.717) is 10.5 Å². The van der Waals surface area contributed by atoms with E-state index >= 15 is 0 Å². The van der Waals surface area contributed by atoms with Crippen LogP contribution < -0.4 is 0 Å². The fraction of sp³-hybridized carbons (Fsp3) is 0. The number of phenols is 1. The molecular weight excluding hydrogens is 270 g/mol. The quantitative estimate of drug-likeness (QED) is 0.635. The van der Waals surface area contributed by atoms with Gasteiger partial charge in [0, 0.05) is 11.6 Å². The molecule has 0 bridgehead atoms. The Hall–Kier alpha value is -1.41. The van der Waals surface area contributed by atoms with Gasteiger partial charge in [-0.05, 0) is 24.3 Å². The number of rotatable bonds is 0. The molecule has 92 valence electrons.